The number of halogens is 1. The molecule has 0 unspecified atom stereocenters. The zero-order valence-electron chi connectivity index (χ0n) is 9.90. The predicted octanol–water partition coefficient (Wildman–Crippen LogP) is 2.40. The molecular formula is C11H11ClN6. The van der Waals surface area contributed by atoms with Crippen LogP contribution < -0.4 is 5.32 Å². The van der Waals surface area contributed by atoms with E-state index in [0.29, 0.717) is 11.0 Å². The third-order valence-corrected chi connectivity index (χ3v) is 2.92. The highest BCUT2D eigenvalue weighted by Crippen LogP contribution is 2.25. The lowest BCUT2D eigenvalue weighted by molar-refractivity contribution is 0.768. The van der Waals surface area contributed by atoms with Gasteiger partial charge in [-0.1, -0.05) is 11.6 Å². The number of nitrogens with one attached hydrogen (secondary N) is 2. The maximum Gasteiger partial charge on any atom is 0.229 e. The van der Waals surface area contributed by atoms with E-state index in [1.807, 2.05) is 20.2 Å². The maximum atomic E-state index is 6.05. The van der Waals surface area contributed by atoms with Crippen LogP contribution in [0.2, 0.25) is 5.02 Å². The Morgan fingerprint density at radius 1 is 1.39 bits per heavy atom. The molecule has 0 saturated heterocycles. The summed E-state index contributed by atoms with van der Waals surface area (Å²) in [5.74, 6) is 0.520. The van der Waals surface area contributed by atoms with Crippen molar-refractivity contribution in [3.63, 3.8) is 0 Å². The quantitative estimate of drug-likeness (QED) is 0.744. The van der Waals surface area contributed by atoms with Crippen LogP contribution in [0, 0.1) is 6.92 Å². The van der Waals surface area contributed by atoms with Crippen molar-refractivity contribution < 1.29 is 0 Å². The Bertz CT molecular complexity index is 713. The smallest absolute Gasteiger partial charge is 0.229 e. The Balaban J connectivity index is 2.02. The van der Waals surface area contributed by atoms with Gasteiger partial charge in [-0.05, 0) is 6.92 Å². The number of anilines is 2. The fourth-order valence-electron chi connectivity index (χ4n) is 1.84. The third-order valence-electron chi connectivity index (χ3n) is 2.63. The number of H-pyrrole nitrogens is 1. The molecule has 0 aliphatic carbocycles. The lowest BCUT2D eigenvalue weighted by atomic mass is 10.3. The molecule has 7 heteroatoms. The summed E-state index contributed by atoms with van der Waals surface area (Å²) in [4.78, 5) is 11.8. The van der Waals surface area contributed by atoms with Crippen LogP contribution in [0.25, 0.3) is 11.0 Å². The topological polar surface area (TPSA) is 71.4 Å². The number of fused-ring (bicyclic) bond motifs is 1. The summed E-state index contributed by atoms with van der Waals surface area (Å²) in [7, 11) is 1.85. The maximum absolute atomic E-state index is 6.05. The summed E-state index contributed by atoms with van der Waals surface area (Å²) in [6, 6.07) is 0. The van der Waals surface area contributed by atoms with Crippen molar-refractivity contribution in [3.05, 3.63) is 29.3 Å². The Morgan fingerprint density at radius 3 is 2.94 bits per heavy atom. The van der Waals surface area contributed by atoms with Crippen molar-refractivity contribution in [1.29, 1.82) is 0 Å². The second-order valence-corrected chi connectivity index (χ2v) is 4.43. The van der Waals surface area contributed by atoms with Crippen molar-refractivity contribution in [2.24, 2.45) is 7.05 Å². The van der Waals surface area contributed by atoms with Gasteiger partial charge in [-0.25, -0.2) is 4.98 Å². The van der Waals surface area contributed by atoms with Crippen LogP contribution >= 0.6 is 11.6 Å². The minimum atomic E-state index is 0.520. The predicted molar refractivity (Wildman–Crippen MR) is 70.1 cm³/mol. The Kier molecular flexibility index (Phi) is 2.45. The monoisotopic (exact) mass is 262 g/mol. The van der Waals surface area contributed by atoms with E-state index in [2.05, 4.69) is 25.4 Å². The summed E-state index contributed by atoms with van der Waals surface area (Å²) in [5.41, 5.74) is 2.39. The lowest BCUT2D eigenvalue weighted by Crippen LogP contribution is -1.98. The summed E-state index contributed by atoms with van der Waals surface area (Å²) in [6.45, 7) is 1.90. The molecule has 2 N–H and O–H groups in total. The molecule has 6 nitrogen and oxygen atoms in total. The van der Waals surface area contributed by atoms with E-state index in [-0.39, 0.29) is 0 Å². The first-order chi connectivity index (χ1) is 8.63. The Hall–Kier alpha value is -2.08. The average Bonchev–Trinajstić information content (AvgIpc) is 2.86. The fraction of sp³-hybridized carbons (Fsp3) is 0.182. The van der Waals surface area contributed by atoms with Crippen LogP contribution in [-0.4, -0.2) is 24.7 Å². The fourth-order valence-corrected chi connectivity index (χ4v) is 2.12. The number of aryl methyl sites for hydroxylation is 2. The summed E-state index contributed by atoms with van der Waals surface area (Å²) in [5, 5.41) is 8.66. The molecule has 0 bridgehead atoms. The molecule has 3 aromatic rings. The molecule has 0 saturated carbocycles. The summed E-state index contributed by atoms with van der Waals surface area (Å²) < 4.78 is 1.71. The molecule has 0 radical (unpaired) electrons. The van der Waals surface area contributed by atoms with Crippen LogP contribution in [0.5, 0.6) is 0 Å². The summed E-state index contributed by atoms with van der Waals surface area (Å²) in [6.07, 6.45) is 5.27. The first-order valence-electron chi connectivity index (χ1n) is 5.40. The van der Waals surface area contributed by atoms with Gasteiger partial charge in [-0.15, -0.1) is 0 Å². The number of aromatic amines is 1. The van der Waals surface area contributed by atoms with Gasteiger partial charge in [-0.2, -0.15) is 10.1 Å². The van der Waals surface area contributed by atoms with Gasteiger partial charge in [0.25, 0.3) is 0 Å². The van der Waals surface area contributed by atoms with Crippen LogP contribution in [0.1, 0.15) is 5.69 Å². The highest BCUT2D eigenvalue weighted by atomic mass is 35.5. The molecule has 92 valence electrons. The molecule has 0 fully saturated rings. The molecule has 0 spiro atoms. The number of nitrogens with zero attached hydrogens (tertiary/aromatic N) is 4. The molecule has 0 amide bonds. The van der Waals surface area contributed by atoms with E-state index >= 15 is 0 Å². The van der Waals surface area contributed by atoms with Gasteiger partial charge in [0.1, 0.15) is 5.65 Å². The number of hydrogen-bond donors (Lipinski definition) is 2. The van der Waals surface area contributed by atoms with E-state index < -0.39 is 0 Å². The molecule has 0 atom stereocenters. The van der Waals surface area contributed by atoms with Crippen LogP contribution in [0.15, 0.2) is 18.6 Å². The minimum absolute atomic E-state index is 0.520. The van der Waals surface area contributed by atoms with Crippen molar-refractivity contribution >= 4 is 34.3 Å². The van der Waals surface area contributed by atoms with Gasteiger partial charge < -0.3 is 10.3 Å². The van der Waals surface area contributed by atoms with Crippen LogP contribution in [0.4, 0.5) is 11.6 Å². The SMILES string of the molecule is Cc1nc(Nc2cnn(C)c2)nc2[nH]cc(Cl)c12. The van der Waals surface area contributed by atoms with Crippen molar-refractivity contribution in [2.45, 2.75) is 6.92 Å². The summed E-state index contributed by atoms with van der Waals surface area (Å²) >= 11 is 6.05. The van der Waals surface area contributed by atoms with Gasteiger partial charge >= 0.3 is 0 Å². The largest absolute Gasteiger partial charge is 0.344 e. The first-order valence-corrected chi connectivity index (χ1v) is 5.78. The molecular weight excluding hydrogens is 252 g/mol. The van der Waals surface area contributed by atoms with Gasteiger partial charge in [0.15, 0.2) is 0 Å². The van der Waals surface area contributed by atoms with E-state index in [4.69, 9.17) is 11.6 Å². The van der Waals surface area contributed by atoms with Crippen molar-refractivity contribution in [3.8, 4) is 0 Å². The van der Waals surface area contributed by atoms with Crippen molar-refractivity contribution in [1.82, 2.24) is 24.7 Å². The van der Waals surface area contributed by atoms with E-state index in [1.165, 1.54) is 0 Å². The minimum Gasteiger partial charge on any atom is -0.344 e. The van der Waals surface area contributed by atoms with Crippen LogP contribution in [0.3, 0.4) is 0 Å². The normalized spacial score (nSPS) is 11.1. The van der Waals surface area contributed by atoms with E-state index in [0.717, 1.165) is 22.4 Å². The van der Waals surface area contributed by atoms with Crippen LogP contribution in [-0.2, 0) is 7.05 Å². The first kappa shape index (κ1) is 11.0. The third kappa shape index (κ3) is 1.80. The molecule has 3 aromatic heterocycles. The molecule has 3 rings (SSSR count). The molecule has 18 heavy (non-hydrogen) atoms. The van der Waals surface area contributed by atoms with Crippen molar-refractivity contribution in [2.75, 3.05) is 5.32 Å². The highest BCUT2D eigenvalue weighted by molar-refractivity contribution is 6.35. The number of hydrogen-bond acceptors (Lipinski definition) is 4. The standard InChI is InChI=1S/C11H11ClN6/c1-6-9-8(12)4-13-10(9)17-11(15-6)16-7-3-14-18(2)5-7/h3-5H,1-2H3,(H2,13,15,16,17). The second kappa shape index (κ2) is 3.99. The lowest BCUT2D eigenvalue weighted by Gasteiger charge is -2.03. The molecule has 0 aliphatic heterocycles. The van der Waals surface area contributed by atoms with E-state index in [1.54, 1.807) is 17.1 Å². The Morgan fingerprint density at radius 2 is 2.22 bits per heavy atom. The van der Waals surface area contributed by atoms with Gasteiger partial charge in [0.2, 0.25) is 5.95 Å². The zero-order valence-corrected chi connectivity index (χ0v) is 10.7. The average molecular weight is 263 g/mol. The zero-order chi connectivity index (χ0) is 12.7. The number of rotatable bonds is 2. The van der Waals surface area contributed by atoms with Gasteiger partial charge in [0.05, 0.1) is 28.0 Å². The highest BCUT2D eigenvalue weighted by Gasteiger charge is 2.10. The number of aromatic nitrogens is 5. The van der Waals surface area contributed by atoms with Gasteiger partial charge in [-0.3, -0.25) is 4.68 Å². The molecule has 0 aromatic carbocycles. The second-order valence-electron chi connectivity index (χ2n) is 4.02. The van der Waals surface area contributed by atoms with E-state index in [9.17, 15) is 0 Å². The Labute approximate surface area is 108 Å². The molecule has 3 heterocycles. The molecule has 0 aliphatic rings. The van der Waals surface area contributed by atoms with Gasteiger partial charge in [0, 0.05) is 19.4 Å².